The monoisotopic (exact) mass is 610 g/mol. The third kappa shape index (κ3) is 4.07. The Bertz CT molecular complexity index is 2760. The maximum Gasteiger partial charge on any atom is 0.0998 e. The van der Waals surface area contributed by atoms with Crippen molar-refractivity contribution in [3.8, 4) is 45.8 Å². The average Bonchev–Trinajstić information content (AvgIpc) is 3.68. The molecule has 222 valence electrons. The number of hydrogen-bond donors (Lipinski definition) is 0. The molecule has 9 rings (SSSR count). The van der Waals surface area contributed by atoms with Gasteiger partial charge >= 0.3 is 0 Å². The molecule has 9 aromatic rings. The van der Waals surface area contributed by atoms with Gasteiger partial charge in [-0.05, 0) is 71.3 Å². The molecule has 7 aromatic carbocycles. The molecule has 4 heteroatoms. The molecule has 0 aliphatic rings. The third-order valence-corrected chi connectivity index (χ3v) is 9.41. The fraction of sp³-hybridized carbons (Fsp3) is 0. The zero-order chi connectivity index (χ0) is 32.2. The highest BCUT2D eigenvalue weighted by atomic mass is 15.0. The summed E-state index contributed by atoms with van der Waals surface area (Å²) in [5.74, 6) is 0. The number of fused-ring (bicyclic) bond motifs is 6. The molecule has 0 saturated carbocycles. The van der Waals surface area contributed by atoms with Crippen LogP contribution in [0.1, 0.15) is 11.1 Å². The SMILES string of the molecule is N#Cc1cc(-c2ccccc2-n2c3ccccc3c3c(C#N)cccc32)ccc1-c1cccc(-n2c3ccccc3c3ccccc32)c1. The van der Waals surface area contributed by atoms with E-state index in [2.05, 4.69) is 137 Å². The van der Waals surface area contributed by atoms with Gasteiger partial charge in [-0.2, -0.15) is 10.5 Å². The fourth-order valence-corrected chi connectivity index (χ4v) is 7.35. The van der Waals surface area contributed by atoms with Crippen molar-refractivity contribution in [3.05, 3.63) is 169 Å². The summed E-state index contributed by atoms with van der Waals surface area (Å²) in [7, 11) is 0. The molecule has 0 atom stereocenters. The van der Waals surface area contributed by atoms with E-state index in [1.54, 1.807) is 0 Å². The minimum absolute atomic E-state index is 0.607. The van der Waals surface area contributed by atoms with E-state index in [0.29, 0.717) is 11.1 Å². The van der Waals surface area contributed by atoms with E-state index in [1.165, 1.54) is 10.8 Å². The molecule has 0 aliphatic carbocycles. The van der Waals surface area contributed by atoms with Gasteiger partial charge in [-0.1, -0.05) is 103 Å². The van der Waals surface area contributed by atoms with Crippen molar-refractivity contribution in [1.29, 1.82) is 10.5 Å². The van der Waals surface area contributed by atoms with Gasteiger partial charge in [0, 0.05) is 32.8 Å². The van der Waals surface area contributed by atoms with Crippen LogP contribution in [0.2, 0.25) is 0 Å². The number of rotatable bonds is 4. The van der Waals surface area contributed by atoms with Crippen LogP contribution in [0.25, 0.3) is 77.2 Å². The van der Waals surface area contributed by atoms with Crippen LogP contribution in [0.3, 0.4) is 0 Å². The molecule has 0 spiro atoms. The molecule has 0 bridgehead atoms. The van der Waals surface area contributed by atoms with Gasteiger partial charge < -0.3 is 9.13 Å². The summed E-state index contributed by atoms with van der Waals surface area (Å²) < 4.78 is 4.53. The average molecular weight is 611 g/mol. The predicted molar refractivity (Wildman–Crippen MR) is 195 cm³/mol. The molecule has 0 fully saturated rings. The van der Waals surface area contributed by atoms with Gasteiger partial charge in [-0.15, -0.1) is 0 Å². The molecule has 0 saturated heterocycles. The van der Waals surface area contributed by atoms with Gasteiger partial charge in [-0.25, -0.2) is 0 Å². The summed E-state index contributed by atoms with van der Waals surface area (Å²) in [6.45, 7) is 0. The number of nitriles is 2. The summed E-state index contributed by atoms with van der Waals surface area (Å²) in [5.41, 5.74) is 11.4. The topological polar surface area (TPSA) is 57.4 Å². The number of benzene rings is 7. The molecule has 2 aromatic heterocycles. The summed E-state index contributed by atoms with van der Waals surface area (Å²) in [4.78, 5) is 0. The molecule has 0 unspecified atom stereocenters. The normalized spacial score (nSPS) is 11.3. The van der Waals surface area contributed by atoms with E-state index in [0.717, 1.165) is 66.5 Å². The van der Waals surface area contributed by atoms with Crippen molar-refractivity contribution in [3.63, 3.8) is 0 Å². The Morgan fingerprint density at radius 3 is 1.71 bits per heavy atom. The van der Waals surface area contributed by atoms with Gasteiger partial charge in [0.1, 0.15) is 0 Å². The van der Waals surface area contributed by atoms with E-state index >= 15 is 0 Å². The standard InChI is InChI=1S/C44H26N4/c45-27-31-12-10-22-43-44(31)38-17-4-8-21-42(38)48(43)39-18-5-1-14-35(39)30-23-24-34(32(25-30)28-46)29-11-9-13-33(26-29)47-40-19-6-2-15-36(40)37-16-3-7-20-41(37)47/h1-26H. The molecular weight excluding hydrogens is 585 g/mol. The lowest BCUT2D eigenvalue weighted by atomic mass is 9.94. The maximum atomic E-state index is 10.5. The maximum absolute atomic E-state index is 10.5. The lowest BCUT2D eigenvalue weighted by molar-refractivity contribution is 1.18. The first kappa shape index (κ1) is 27.4. The number of hydrogen-bond acceptors (Lipinski definition) is 2. The highest BCUT2D eigenvalue weighted by Crippen LogP contribution is 2.39. The molecule has 2 heterocycles. The Balaban J connectivity index is 1.20. The van der Waals surface area contributed by atoms with Crippen molar-refractivity contribution in [2.24, 2.45) is 0 Å². The fourth-order valence-electron chi connectivity index (χ4n) is 7.35. The van der Waals surface area contributed by atoms with Crippen LogP contribution in [0, 0.1) is 22.7 Å². The molecule has 0 aliphatic heterocycles. The second kappa shape index (κ2) is 10.9. The highest BCUT2D eigenvalue weighted by Gasteiger charge is 2.19. The van der Waals surface area contributed by atoms with Crippen molar-refractivity contribution >= 4 is 43.6 Å². The molecule has 0 amide bonds. The Hall–Kier alpha value is -6.88. The van der Waals surface area contributed by atoms with Crippen LogP contribution >= 0.6 is 0 Å². The second-order valence-electron chi connectivity index (χ2n) is 12.0. The minimum atomic E-state index is 0.607. The summed E-state index contributed by atoms with van der Waals surface area (Å²) in [6, 6.07) is 58.9. The number of aromatic nitrogens is 2. The molecule has 0 radical (unpaired) electrons. The Morgan fingerprint density at radius 1 is 0.396 bits per heavy atom. The molecular formula is C44H26N4. The molecule has 0 N–H and O–H groups in total. The van der Waals surface area contributed by atoms with Gasteiger partial charge in [0.05, 0.1) is 51.0 Å². The zero-order valence-electron chi connectivity index (χ0n) is 25.8. The highest BCUT2D eigenvalue weighted by molar-refractivity contribution is 6.12. The van der Waals surface area contributed by atoms with E-state index < -0.39 is 0 Å². The number of nitrogens with zero attached hydrogens (tertiary/aromatic N) is 4. The smallest absolute Gasteiger partial charge is 0.0998 e. The van der Waals surface area contributed by atoms with Crippen molar-refractivity contribution < 1.29 is 0 Å². The Labute approximate surface area is 277 Å². The Kier molecular flexibility index (Phi) is 6.22. The van der Waals surface area contributed by atoms with Crippen LogP contribution in [0.15, 0.2) is 158 Å². The lowest BCUT2D eigenvalue weighted by Gasteiger charge is -2.15. The first-order valence-electron chi connectivity index (χ1n) is 15.9. The van der Waals surface area contributed by atoms with Crippen molar-refractivity contribution in [2.75, 3.05) is 0 Å². The van der Waals surface area contributed by atoms with Crippen LogP contribution in [-0.4, -0.2) is 9.13 Å². The predicted octanol–water partition coefficient (Wildman–Crippen LogP) is 11.0. The van der Waals surface area contributed by atoms with Gasteiger partial charge in [0.25, 0.3) is 0 Å². The zero-order valence-corrected chi connectivity index (χ0v) is 25.8. The quantitative estimate of drug-likeness (QED) is 0.199. The van der Waals surface area contributed by atoms with Crippen molar-refractivity contribution in [1.82, 2.24) is 9.13 Å². The van der Waals surface area contributed by atoms with E-state index in [-0.39, 0.29) is 0 Å². The minimum Gasteiger partial charge on any atom is -0.309 e. The van der Waals surface area contributed by atoms with Gasteiger partial charge in [0.2, 0.25) is 0 Å². The third-order valence-electron chi connectivity index (χ3n) is 9.41. The van der Waals surface area contributed by atoms with E-state index in [4.69, 9.17) is 0 Å². The first-order chi connectivity index (χ1) is 23.7. The Morgan fingerprint density at radius 2 is 0.979 bits per heavy atom. The van der Waals surface area contributed by atoms with Crippen LogP contribution in [-0.2, 0) is 0 Å². The van der Waals surface area contributed by atoms with Crippen LogP contribution in [0.5, 0.6) is 0 Å². The summed E-state index contributed by atoms with van der Waals surface area (Å²) >= 11 is 0. The van der Waals surface area contributed by atoms with Gasteiger partial charge in [0.15, 0.2) is 0 Å². The summed E-state index contributed by atoms with van der Waals surface area (Å²) in [5, 5.41) is 24.9. The van der Waals surface area contributed by atoms with Crippen LogP contribution in [0.4, 0.5) is 0 Å². The number of para-hydroxylation sites is 4. The summed E-state index contributed by atoms with van der Waals surface area (Å²) in [6.07, 6.45) is 0. The second-order valence-corrected chi connectivity index (χ2v) is 12.0. The van der Waals surface area contributed by atoms with Gasteiger partial charge in [-0.3, -0.25) is 0 Å². The van der Waals surface area contributed by atoms with Crippen LogP contribution < -0.4 is 0 Å². The largest absolute Gasteiger partial charge is 0.309 e. The molecule has 48 heavy (non-hydrogen) atoms. The first-order valence-corrected chi connectivity index (χ1v) is 15.9. The molecule has 4 nitrogen and oxygen atoms in total. The lowest BCUT2D eigenvalue weighted by Crippen LogP contribution is -1.98. The van der Waals surface area contributed by atoms with E-state index in [1.807, 2.05) is 42.5 Å². The van der Waals surface area contributed by atoms with Crippen molar-refractivity contribution in [2.45, 2.75) is 0 Å². The van der Waals surface area contributed by atoms with E-state index in [9.17, 15) is 10.5 Å².